The lowest BCUT2D eigenvalue weighted by atomic mass is 10.1. The van der Waals surface area contributed by atoms with E-state index in [2.05, 4.69) is 5.32 Å². The third-order valence-electron chi connectivity index (χ3n) is 6.00. The zero-order valence-electron chi connectivity index (χ0n) is 18.4. The number of para-hydroxylation sites is 3. The van der Waals surface area contributed by atoms with Crippen LogP contribution >= 0.6 is 0 Å². The molecule has 8 heteroatoms. The summed E-state index contributed by atoms with van der Waals surface area (Å²) in [6.45, 7) is -0.160. The van der Waals surface area contributed by atoms with Crippen molar-refractivity contribution in [3.05, 3.63) is 97.1 Å². The van der Waals surface area contributed by atoms with Crippen molar-refractivity contribution in [2.75, 3.05) is 16.2 Å². The Balaban J connectivity index is 1.31. The average molecular weight is 485 g/mol. The largest absolute Gasteiger partial charge is 0.476 e. The van der Waals surface area contributed by atoms with Gasteiger partial charge in [-0.2, -0.15) is 0 Å². The quantitative estimate of drug-likeness (QED) is 0.380. The predicted octanol–water partition coefficient (Wildman–Crippen LogP) is 5.18. The Morgan fingerprint density at radius 1 is 0.829 bits per heavy atom. The van der Waals surface area contributed by atoms with Crippen molar-refractivity contribution in [2.24, 2.45) is 0 Å². The van der Waals surface area contributed by atoms with Crippen molar-refractivity contribution >= 4 is 49.2 Å². The number of hydrogen-bond acceptors (Lipinski definition) is 5. The lowest BCUT2D eigenvalue weighted by molar-refractivity contribution is -0.122. The van der Waals surface area contributed by atoms with Crippen LogP contribution in [0.5, 0.6) is 5.75 Å². The topological polar surface area (TPSA) is 88.9 Å². The number of nitrogens with zero attached hydrogens (tertiary/aromatic N) is 1. The number of hydrogen-bond donors (Lipinski definition) is 1. The molecule has 1 aliphatic rings. The first-order valence-corrected chi connectivity index (χ1v) is 12.5. The van der Waals surface area contributed by atoms with E-state index in [1.54, 1.807) is 54.6 Å². The van der Waals surface area contributed by atoms with E-state index in [1.165, 1.54) is 16.4 Å². The van der Waals surface area contributed by atoms with Gasteiger partial charge >= 0.3 is 0 Å². The molecule has 0 radical (unpaired) electrons. The Kier molecular flexibility index (Phi) is 4.96. The molecule has 35 heavy (non-hydrogen) atoms. The Morgan fingerprint density at radius 3 is 2.40 bits per heavy atom. The fourth-order valence-electron chi connectivity index (χ4n) is 4.31. The van der Waals surface area contributed by atoms with Crippen LogP contribution in [0.15, 0.2) is 106 Å². The molecule has 174 valence electrons. The van der Waals surface area contributed by atoms with Gasteiger partial charge < -0.3 is 14.5 Å². The summed E-state index contributed by atoms with van der Waals surface area (Å²) >= 11 is 0. The van der Waals surface area contributed by atoms with Gasteiger partial charge in [-0.25, -0.2) is 8.42 Å². The lowest BCUT2D eigenvalue weighted by Crippen LogP contribution is -2.48. The third-order valence-corrected chi connectivity index (χ3v) is 7.80. The summed E-state index contributed by atoms with van der Waals surface area (Å²) in [6.07, 6.45) is -1.05. The zero-order chi connectivity index (χ0) is 24.0. The van der Waals surface area contributed by atoms with E-state index < -0.39 is 22.0 Å². The number of nitrogens with one attached hydrogen (secondary N) is 1. The first-order chi connectivity index (χ1) is 17.0. The Bertz CT molecular complexity index is 1680. The van der Waals surface area contributed by atoms with Crippen molar-refractivity contribution in [3.8, 4) is 5.75 Å². The number of sulfonamides is 1. The maximum atomic E-state index is 13.4. The summed E-state index contributed by atoms with van der Waals surface area (Å²) in [5, 5.41) is 4.79. The van der Waals surface area contributed by atoms with Crippen molar-refractivity contribution in [1.82, 2.24) is 0 Å². The van der Waals surface area contributed by atoms with E-state index in [1.807, 2.05) is 30.3 Å². The predicted molar refractivity (Wildman–Crippen MR) is 134 cm³/mol. The highest BCUT2D eigenvalue weighted by Crippen LogP contribution is 2.37. The summed E-state index contributed by atoms with van der Waals surface area (Å²) in [7, 11) is -3.90. The van der Waals surface area contributed by atoms with Crippen LogP contribution in [-0.2, 0) is 14.8 Å². The van der Waals surface area contributed by atoms with Gasteiger partial charge in [0.05, 0.1) is 17.1 Å². The Hall–Kier alpha value is -4.30. The number of furan rings is 1. The van der Waals surface area contributed by atoms with E-state index in [9.17, 15) is 13.2 Å². The van der Waals surface area contributed by atoms with Gasteiger partial charge in [0.15, 0.2) is 6.10 Å². The van der Waals surface area contributed by atoms with Crippen molar-refractivity contribution < 1.29 is 22.4 Å². The number of amides is 1. The van der Waals surface area contributed by atoms with E-state index >= 15 is 0 Å². The van der Waals surface area contributed by atoms with E-state index in [4.69, 9.17) is 9.15 Å². The minimum Gasteiger partial charge on any atom is -0.476 e. The summed E-state index contributed by atoms with van der Waals surface area (Å²) < 4.78 is 39.9. The monoisotopic (exact) mass is 484 g/mol. The van der Waals surface area contributed by atoms with Gasteiger partial charge in [0.2, 0.25) is 0 Å². The number of carbonyl (C=O) groups is 1. The molecule has 1 N–H and O–H groups in total. The van der Waals surface area contributed by atoms with Gasteiger partial charge in [-0.05, 0) is 42.5 Å². The average Bonchev–Trinajstić information content (AvgIpc) is 3.26. The number of benzene rings is 4. The molecule has 1 aromatic heterocycles. The summed E-state index contributed by atoms with van der Waals surface area (Å²) in [5.74, 6) is -0.130. The van der Waals surface area contributed by atoms with Gasteiger partial charge in [0, 0.05) is 22.5 Å². The molecule has 0 unspecified atom stereocenters. The fourth-order valence-corrected chi connectivity index (χ4v) is 5.81. The van der Waals surface area contributed by atoms with Crippen molar-refractivity contribution in [1.29, 1.82) is 0 Å². The second-order valence-corrected chi connectivity index (χ2v) is 10.1. The summed E-state index contributed by atoms with van der Waals surface area (Å²) in [5.41, 5.74) is 2.33. The number of rotatable bonds is 4. The highest BCUT2D eigenvalue weighted by Gasteiger charge is 2.37. The number of carbonyl (C=O) groups excluding carboxylic acids is 1. The second kappa shape index (κ2) is 8.18. The molecule has 0 spiro atoms. The molecular weight excluding hydrogens is 464 g/mol. The SMILES string of the molecule is O=C(Nc1ccc2c(c1)oc1ccccc12)[C@H]1CN(S(=O)(=O)c2ccccc2)c2ccccc2O1. The molecule has 4 aromatic carbocycles. The standard InChI is InChI=1S/C27H20N2O5S/c30-27(28-18-14-15-21-20-10-4-6-12-23(20)33-25(21)16-18)26-17-29(22-11-5-7-13-24(22)34-26)35(31,32)19-8-2-1-3-9-19/h1-16,26H,17H2,(H,28,30)/t26-/m1/s1. The van der Waals surface area contributed by atoms with Crippen LogP contribution in [0.3, 0.4) is 0 Å². The van der Waals surface area contributed by atoms with Crippen LogP contribution in [0.25, 0.3) is 21.9 Å². The minimum atomic E-state index is -3.90. The molecule has 6 rings (SSSR count). The van der Waals surface area contributed by atoms with Crippen LogP contribution in [0.2, 0.25) is 0 Å². The van der Waals surface area contributed by atoms with Crippen molar-refractivity contribution in [2.45, 2.75) is 11.0 Å². The van der Waals surface area contributed by atoms with Crippen LogP contribution in [0, 0.1) is 0 Å². The molecule has 0 aliphatic carbocycles. The van der Waals surface area contributed by atoms with E-state index in [0.717, 1.165) is 16.4 Å². The number of fused-ring (bicyclic) bond motifs is 4. The first kappa shape index (κ1) is 21.2. The molecule has 1 atom stereocenters. The molecule has 0 saturated carbocycles. The van der Waals surface area contributed by atoms with Gasteiger partial charge in [0.25, 0.3) is 15.9 Å². The fraction of sp³-hybridized carbons (Fsp3) is 0.0741. The third kappa shape index (κ3) is 3.68. The maximum Gasteiger partial charge on any atom is 0.267 e. The molecule has 7 nitrogen and oxygen atoms in total. The molecule has 0 saturated heterocycles. The molecular formula is C27H20N2O5S. The smallest absolute Gasteiger partial charge is 0.267 e. The summed E-state index contributed by atoms with van der Waals surface area (Å²) in [4.78, 5) is 13.4. The van der Waals surface area contributed by atoms with Crippen molar-refractivity contribution in [3.63, 3.8) is 0 Å². The van der Waals surface area contributed by atoms with Crippen LogP contribution < -0.4 is 14.4 Å². The molecule has 1 aliphatic heterocycles. The van der Waals surface area contributed by atoms with Gasteiger partial charge in [-0.15, -0.1) is 0 Å². The molecule has 1 amide bonds. The minimum absolute atomic E-state index is 0.145. The molecule has 2 heterocycles. The van der Waals surface area contributed by atoms with Gasteiger partial charge in [-0.3, -0.25) is 9.10 Å². The second-order valence-electron chi connectivity index (χ2n) is 8.22. The zero-order valence-corrected chi connectivity index (χ0v) is 19.2. The van der Waals surface area contributed by atoms with Crippen LogP contribution in [0.4, 0.5) is 11.4 Å². The normalized spacial score (nSPS) is 15.5. The number of anilines is 2. The van der Waals surface area contributed by atoms with E-state index in [-0.39, 0.29) is 11.4 Å². The van der Waals surface area contributed by atoms with Gasteiger partial charge in [-0.1, -0.05) is 48.5 Å². The summed E-state index contributed by atoms with van der Waals surface area (Å²) in [6, 6.07) is 28.1. The molecule has 5 aromatic rings. The lowest BCUT2D eigenvalue weighted by Gasteiger charge is -2.34. The molecule has 0 bridgehead atoms. The van der Waals surface area contributed by atoms with Gasteiger partial charge in [0.1, 0.15) is 16.9 Å². The highest BCUT2D eigenvalue weighted by atomic mass is 32.2. The number of ether oxygens (including phenoxy) is 1. The van der Waals surface area contributed by atoms with Crippen LogP contribution in [-0.4, -0.2) is 27.0 Å². The maximum absolute atomic E-state index is 13.4. The first-order valence-electron chi connectivity index (χ1n) is 11.1. The van der Waals surface area contributed by atoms with Crippen LogP contribution in [0.1, 0.15) is 0 Å². The van der Waals surface area contributed by atoms with E-state index in [0.29, 0.717) is 22.7 Å². The Morgan fingerprint density at radius 2 is 1.54 bits per heavy atom. The molecule has 0 fully saturated rings. The highest BCUT2D eigenvalue weighted by molar-refractivity contribution is 7.92. The Labute approximate surface area is 201 Å².